The van der Waals surface area contributed by atoms with Gasteiger partial charge in [0.2, 0.25) is 5.96 Å². The Morgan fingerprint density at radius 3 is 2.71 bits per heavy atom. The molecule has 1 aromatic carbocycles. The van der Waals surface area contributed by atoms with Gasteiger partial charge in [-0.3, -0.25) is 9.80 Å². The first kappa shape index (κ1) is 20.7. The number of guanidine groups is 1. The summed E-state index contributed by atoms with van der Waals surface area (Å²) in [5.41, 5.74) is 0. The van der Waals surface area contributed by atoms with Crippen LogP contribution in [0.25, 0.3) is 0 Å². The van der Waals surface area contributed by atoms with E-state index in [9.17, 15) is 8.42 Å². The molecular weight excluding hydrogens is 382 g/mol. The number of methoxy groups -OCH3 is 2. The van der Waals surface area contributed by atoms with Gasteiger partial charge in [-0.2, -0.15) is 0 Å². The van der Waals surface area contributed by atoms with Gasteiger partial charge in [0.1, 0.15) is 0 Å². The first-order valence-electron chi connectivity index (χ1n) is 9.46. The van der Waals surface area contributed by atoms with Crippen molar-refractivity contribution >= 4 is 16.0 Å². The van der Waals surface area contributed by atoms with E-state index in [1.165, 1.54) is 39.2 Å². The normalized spacial score (nSPS) is 21.1. The lowest BCUT2D eigenvalue weighted by Crippen LogP contribution is -2.52. The van der Waals surface area contributed by atoms with Crippen molar-refractivity contribution in [3.05, 3.63) is 18.2 Å². The number of likely N-dealkylation sites (N-methyl/N-ethyl adjacent to an activating group) is 1. The zero-order valence-electron chi connectivity index (χ0n) is 16.6. The van der Waals surface area contributed by atoms with Crippen LogP contribution < -0.4 is 19.5 Å². The maximum Gasteiger partial charge on any atom is 0.264 e. The largest absolute Gasteiger partial charge is 0.493 e. The maximum absolute atomic E-state index is 12.7. The zero-order chi connectivity index (χ0) is 20.1. The van der Waals surface area contributed by atoms with Crippen molar-refractivity contribution in [3.8, 4) is 11.5 Å². The second-order valence-electron chi connectivity index (χ2n) is 6.88. The summed E-state index contributed by atoms with van der Waals surface area (Å²) in [4.78, 5) is 9.11. The molecule has 3 rings (SSSR count). The average Bonchev–Trinajstić information content (AvgIpc) is 3.15. The lowest BCUT2D eigenvalue weighted by Gasteiger charge is -2.32. The molecule has 28 heavy (non-hydrogen) atoms. The predicted octanol–water partition coefficient (Wildman–Crippen LogP) is 0.643. The average molecular weight is 412 g/mol. The SMILES string of the molecule is CCN1CCC[C@H]1CN1CN=C(NS(=O)(=O)c2ccc(OC)c(OC)c2)NC1. The summed E-state index contributed by atoms with van der Waals surface area (Å²) in [5, 5.41) is 3.06. The van der Waals surface area contributed by atoms with Crippen LogP contribution in [0.3, 0.4) is 0 Å². The van der Waals surface area contributed by atoms with Crippen molar-refractivity contribution in [2.75, 3.05) is 47.2 Å². The van der Waals surface area contributed by atoms with E-state index >= 15 is 0 Å². The first-order valence-corrected chi connectivity index (χ1v) is 10.9. The molecule has 2 heterocycles. The Bertz CT molecular complexity index is 814. The minimum Gasteiger partial charge on any atom is -0.493 e. The number of nitrogens with zero attached hydrogens (tertiary/aromatic N) is 3. The number of benzene rings is 1. The van der Waals surface area contributed by atoms with Gasteiger partial charge in [0.05, 0.1) is 32.5 Å². The van der Waals surface area contributed by atoms with Crippen LogP contribution in [-0.4, -0.2) is 77.4 Å². The summed E-state index contributed by atoms with van der Waals surface area (Å²) in [6.45, 7) is 6.35. The first-order chi connectivity index (χ1) is 13.5. The van der Waals surface area contributed by atoms with Crippen LogP contribution in [0.1, 0.15) is 19.8 Å². The number of rotatable bonds is 7. The van der Waals surface area contributed by atoms with E-state index in [-0.39, 0.29) is 10.9 Å². The summed E-state index contributed by atoms with van der Waals surface area (Å²) in [7, 11) is -0.808. The number of hydrogen-bond acceptors (Lipinski definition) is 8. The molecule has 0 saturated carbocycles. The van der Waals surface area contributed by atoms with Crippen molar-refractivity contribution in [2.24, 2.45) is 4.99 Å². The van der Waals surface area contributed by atoms with Gasteiger partial charge in [-0.15, -0.1) is 0 Å². The highest BCUT2D eigenvalue weighted by atomic mass is 32.2. The summed E-state index contributed by atoms with van der Waals surface area (Å²) < 4.78 is 38.2. The third-order valence-corrected chi connectivity index (χ3v) is 6.51. The molecular formula is C18H29N5O4S. The molecule has 2 aliphatic heterocycles. The highest BCUT2D eigenvalue weighted by Crippen LogP contribution is 2.29. The standard InChI is InChI=1S/C18H29N5O4S/c1-4-23-9-5-6-14(23)11-22-12-19-18(20-13-22)21-28(24,25)15-7-8-16(26-2)17(10-15)27-3/h7-8,10,14H,4-6,9,11-13H2,1-3H3,(H2,19,20,21)/t14-/m0/s1. The minimum atomic E-state index is -3.78. The number of hydrogen-bond donors (Lipinski definition) is 2. The number of nitrogens with one attached hydrogen (secondary N) is 2. The molecule has 1 aromatic rings. The molecule has 10 heteroatoms. The van der Waals surface area contributed by atoms with Gasteiger partial charge in [-0.05, 0) is 38.1 Å². The summed E-state index contributed by atoms with van der Waals surface area (Å²) in [5.74, 6) is 1.08. The molecule has 0 aromatic heterocycles. The van der Waals surface area contributed by atoms with Gasteiger partial charge in [0.25, 0.3) is 10.0 Å². The van der Waals surface area contributed by atoms with E-state index in [0.717, 1.165) is 19.6 Å². The number of sulfonamides is 1. The molecule has 0 aliphatic carbocycles. The zero-order valence-corrected chi connectivity index (χ0v) is 17.5. The molecule has 0 bridgehead atoms. The van der Waals surface area contributed by atoms with Gasteiger partial charge in [0, 0.05) is 18.7 Å². The fraction of sp³-hybridized carbons (Fsp3) is 0.611. The number of aliphatic imine (C=N–C) groups is 1. The molecule has 2 aliphatic rings. The third-order valence-electron chi connectivity index (χ3n) is 5.17. The Morgan fingerprint density at radius 1 is 1.29 bits per heavy atom. The molecule has 1 atom stereocenters. The van der Waals surface area contributed by atoms with Crippen LogP contribution in [0.2, 0.25) is 0 Å². The third kappa shape index (κ3) is 4.68. The Labute approximate surface area is 166 Å². The quantitative estimate of drug-likeness (QED) is 0.680. The summed E-state index contributed by atoms with van der Waals surface area (Å²) in [6.07, 6.45) is 2.44. The Kier molecular flexibility index (Phi) is 6.63. The highest BCUT2D eigenvalue weighted by Gasteiger charge is 2.27. The monoisotopic (exact) mass is 411 g/mol. The summed E-state index contributed by atoms with van der Waals surface area (Å²) in [6, 6.07) is 5.01. The van der Waals surface area contributed by atoms with Crippen molar-refractivity contribution in [3.63, 3.8) is 0 Å². The topological polar surface area (TPSA) is 95.5 Å². The van der Waals surface area contributed by atoms with E-state index in [1.807, 2.05) is 0 Å². The second-order valence-corrected chi connectivity index (χ2v) is 8.57. The molecule has 1 fully saturated rings. The Morgan fingerprint density at radius 2 is 2.07 bits per heavy atom. The van der Waals surface area contributed by atoms with Crippen LogP contribution in [0.4, 0.5) is 0 Å². The highest BCUT2D eigenvalue weighted by molar-refractivity contribution is 7.90. The minimum absolute atomic E-state index is 0.0848. The Balaban J connectivity index is 1.61. The lowest BCUT2D eigenvalue weighted by atomic mass is 10.2. The van der Waals surface area contributed by atoms with Gasteiger partial charge in [-0.25, -0.2) is 18.1 Å². The fourth-order valence-electron chi connectivity index (χ4n) is 3.64. The molecule has 156 valence electrons. The molecule has 0 amide bonds. The lowest BCUT2D eigenvalue weighted by molar-refractivity contribution is 0.172. The number of likely N-dealkylation sites (tertiary alicyclic amines) is 1. The Hall–Kier alpha value is -2.04. The molecule has 1 saturated heterocycles. The smallest absolute Gasteiger partial charge is 0.264 e. The van der Waals surface area contributed by atoms with Crippen LogP contribution in [0, 0.1) is 0 Å². The van der Waals surface area contributed by atoms with Gasteiger partial charge in [-0.1, -0.05) is 6.92 Å². The van der Waals surface area contributed by atoms with Crippen molar-refractivity contribution < 1.29 is 17.9 Å². The molecule has 2 N–H and O–H groups in total. The van der Waals surface area contributed by atoms with Gasteiger partial charge < -0.3 is 14.8 Å². The molecule has 0 unspecified atom stereocenters. The molecule has 0 spiro atoms. The van der Waals surface area contributed by atoms with E-state index in [0.29, 0.717) is 30.9 Å². The number of ether oxygens (including phenoxy) is 2. The van der Waals surface area contributed by atoms with E-state index < -0.39 is 10.0 Å². The van der Waals surface area contributed by atoms with Gasteiger partial charge >= 0.3 is 0 Å². The van der Waals surface area contributed by atoms with E-state index in [2.05, 4.69) is 31.8 Å². The second kappa shape index (κ2) is 8.97. The van der Waals surface area contributed by atoms with Crippen LogP contribution >= 0.6 is 0 Å². The van der Waals surface area contributed by atoms with Gasteiger partial charge in [0.15, 0.2) is 11.5 Å². The van der Waals surface area contributed by atoms with Crippen LogP contribution in [0.5, 0.6) is 11.5 Å². The van der Waals surface area contributed by atoms with Crippen LogP contribution in [-0.2, 0) is 10.0 Å². The van der Waals surface area contributed by atoms with Crippen molar-refractivity contribution in [1.29, 1.82) is 0 Å². The predicted molar refractivity (Wildman–Crippen MR) is 107 cm³/mol. The van der Waals surface area contributed by atoms with E-state index in [1.54, 1.807) is 6.07 Å². The van der Waals surface area contributed by atoms with Crippen LogP contribution in [0.15, 0.2) is 28.1 Å². The van der Waals surface area contributed by atoms with Crippen molar-refractivity contribution in [1.82, 2.24) is 19.8 Å². The molecule has 0 radical (unpaired) electrons. The van der Waals surface area contributed by atoms with Crippen molar-refractivity contribution in [2.45, 2.75) is 30.7 Å². The maximum atomic E-state index is 12.7. The summed E-state index contributed by atoms with van der Waals surface area (Å²) >= 11 is 0. The molecule has 9 nitrogen and oxygen atoms in total. The fourth-order valence-corrected chi connectivity index (χ4v) is 4.66. The van der Waals surface area contributed by atoms with E-state index in [4.69, 9.17) is 9.47 Å².